The van der Waals surface area contributed by atoms with Crippen LogP contribution in [0.25, 0.3) is 10.8 Å². The van der Waals surface area contributed by atoms with E-state index in [1.54, 1.807) is 24.3 Å². The number of ether oxygens (including phenoxy) is 1. The molecule has 4 rings (SSSR count). The maximum absolute atomic E-state index is 12.7. The number of nitrogens with zero attached hydrogens (tertiary/aromatic N) is 3. The molecule has 1 fully saturated rings. The molecule has 2 heterocycles. The predicted octanol–water partition coefficient (Wildman–Crippen LogP) is 3.59. The first kappa shape index (κ1) is 22.5. The number of anilines is 2. The highest BCUT2D eigenvalue weighted by molar-refractivity contribution is 6.03. The van der Waals surface area contributed by atoms with E-state index >= 15 is 0 Å². The minimum atomic E-state index is -0.744. The van der Waals surface area contributed by atoms with Crippen molar-refractivity contribution in [3.05, 3.63) is 64.6 Å². The minimum Gasteiger partial charge on any atom is -0.451 e. The fourth-order valence-electron chi connectivity index (χ4n) is 4.05. The molecule has 1 N–H and O–H groups in total. The second-order valence-corrected chi connectivity index (χ2v) is 8.14. The van der Waals surface area contributed by atoms with Gasteiger partial charge in [-0.2, -0.15) is 5.10 Å². The summed E-state index contributed by atoms with van der Waals surface area (Å²) in [6.07, 6.45) is 4.36. The summed E-state index contributed by atoms with van der Waals surface area (Å²) in [4.78, 5) is 40.0. The van der Waals surface area contributed by atoms with Gasteiger partial charge in [-0.3, -0.25) is 9.59 Å². The molecule has 8 nitrogen and oxygen atoms in total. The van der Waals surface area contributed by atoms with Gasteiger partial charge in [0.15, 0.2) is 12.3 Å². The van der Waals surface area contributed by atoms with Crippen molar-refractivity contribution in [2.24, 2.45) is 0 Å². The van der Waals surface area contributed by atoms with Gasteiger partial charge in [0.25, 0.3) is 11.5 Å². The Kier molecular flexibility index (Phi) is 7.02. The van der Waals surface area contributed by atoms with Crippen molar-refractivity contribution in [2.45, 2.75) is 39.2 Å². The average molecular weight is 449 g/mol. The van der Waals surface area contributed by atoms with Gasteiger partial charge in [-0.15, -0.1) is 0 Å². The molecule has 8 heteroatoms. The minimum absolute atomic E-state index is 0.0253. The lowest BCUT2D eigenvalue weighted by molar-refractivity contribution is -0.119. The topological polar surface area (TPSA) is 93.5 Å². The largest absolute Gasteiger partial charge is 0.451 e. The van der Waals surface area contributed by atoms with E-state index in [1.165, 1.54) is 23.9 Å². The van der Waals surface area contributed by atoms with E-state index in [0.717, 1.165) is 18.8 Å². The van der Waals surface area contributed by atoms with Crippen LogP contribution in [0.4, 0.5) is 11.4 Å². The zero-order valence-corrected chi connectivity index (χ0v) is 18.8. The molecule has 0 bridgehead atoms. The van der Waals surface area contributed by atoms with Crippen molar-refractivity contribution in [2.75, 3.05) is 29.9 Å². The molecule has 0 saturated carbocycles. The third kappa shape index (κ3) is 5.22. The Morgan fingerprint density at radius 3 is 2.39 bits per heavy atom. The fourth-order valence-corrected chi connectivity index (χ4v) is 4.05. The van der Waals surface area contributed by atoms with Crippen LogP contribution in [0.3, 0.4) is 0 Å². The molecule has 3 aromatic rings. The van der Waals surface area contributed by atoms with Crippen molar-refractivity contribution in [3.63, 3.8) is 0 Å². The molecule has 172 valence electrons. The SMILES string of the molecule is CCCn1nc(C(=O)OCC(=O)Nc2ccc(N3CCCCC3)cc2)c2ccccc2c1=O. The number of carbonyl (C=O) groups excluding carboxylic acids is 2. The molecule has 0 radical (unpaired) electrons. The molecule has 0 aliphatic carbocycles. The van der Waals surface area contributed by atoms with Crippen molar-refractivity contribution in [1.29, 1.82) is 0 Å². The summed E-state index contributed by atoms with van der Waals surface area (Å²) in [6, 6.07) is 14.4. The molecule has 33 heavy (non-hydrogen) atoms. The van der Waals surface area contributed by atoms with Crippen LogP contribution in [-0.2, 0) is 16.1 Å². The monoisotopic (exact) mass is 448 g/mol. The highest BCUT2D eigenvalue weighted by Crippen LogP contribution is 2.22. The van der Waals surface area contributed by atoms with Crippen LogP contribution in [-0.4, -0.2) is 41.4 Å². The van der Waals surface area contributed by atoms with E-state index in [0.29, 0.717) is 29.4 Å². The Hall–Kier alpha value is -3.68. The van der Waals surface area contributed by atoms with Gasteiger partial charge in [-0.1, -0.05) is 25.1 Å². The zero-order valence-electron chi connectivity index (χ0n) is 18.8. The van der Waals surface area contributed by atoms with Gasteiger partial charge in [-0.25, -0.2) is 9.48 Å². The first-order chi connectivity index (χ1) is 16.1. The molecular formula is C25H28N4O4. The first-order valence-corrected chi connectivity index (χ1v) is 11.4. The van der Waals surface area contributed by atoms with Crippen LogP contribution in [0.15, 0.2) is 53.3 Å². The lowest BCUT2D eigenvalue weighted by Crippen LogP contribution is -2.29. The smallest absolute Gasteiger partial charge is 0.359 e. The lowest BCUT2D eigenvalue weighted by Gasteiger charge is -2.28. The highest BCUT2D eigenvalue weighted by atomic mass is 16.5. The molecule has 0 atom stereocenters. The first-order valence-electron chi connectivity index (χ1n) is 11.4. The number of esters is 1. The van der Waals surface area contributed by atoms with Crippen LogP contribution in [0.1, 0.15) is 43.1 Å². The van der Waals surface area contributed by atoms with E-state index in [4.69, 9.17) is 4.74 Å². The van der Waals surface area contributed by atoms with Gasteiger partial charge in [0.2, 0.25) is 0 Å². The third-order valence-electron chi connectivity index (χ3n) is 5.70. The van der Waals surface area contributed by atoms with Gasteiger partial charge in [0.1, 0.15) is 0 Å². The maximum Gasteiger partial charge on any atom is 0.359 e. The molecule has 0 spiro atoms. The number of hydrogen-bond donors (Lipinski definition) is 1. The molecule has 1 aliphatic heterocycles. The van der Waals surface area contributed by atoms with Crippen LogP contribution in [0, 0.1) is 0 Å². The number of carbonyl (C=O) groups is 2. The van der Waals surface area contributed by atoms with Crippen LogP contribution >= 0.6 is 0 Å². The third-order valence-corrected chi connectivity index (χ3v) is 5.70. The number of rotatable bonds is 7. The van der Waals surface area contributed by atoms with E-state index in [9.17, 15) is 14.4 Å². The summed E-state index contributed by atoms with van der Waals surface area (Å²) >= 11 is 0. The highest BCUT2D eigenvalue weighted by Gasteiger charge is 2.19. The Balaban J connectivity index is 1.40. The Morgan fingerprint density at radius 1 is 1.00 bits per heavy atom. The number of nitrogens with one attached hydrogen (secondary N) is 1. The Bertz CT molecular complexity index is 1200. The van der Waals surface area contributed by atoms with Gasteiger partial charge in [0, 0.05) is 36.4 Å². The zero-order chi connectivity index (χ0) is 23.2. The van der Waals surface area contributed by atoms with Gasteiger partial charge < -0.3 is 15.0 Å². The lowest BCUT2D eigenvalue weighted by atomic mass is 10.1. The van der Waals surface area contributed by atoms with Crippen molar-refractivity contribution in [3.8, 4) is 0 Å². The van der Waals surface area contributed by atoms with Gasteiger partial charge in [0.05, 0.1) is 5.39 Å². The fraction of sp³-hybridized carbons (Fsp3) is 0.360. The van der Waals surface area contributed by atoms with Crippen molar-refractivity contribution in [1.82, 2.24) is 9.78 Å². The number of piperidine rings is 1. The number of aryl methyl sites for hydroxylation is 1. The van der Waals surface area contributed by atoms with E-state index in [-0.39, 0.29) is 11.3 Å². The number of amides is 1. The van der Waals surface area contributed by atoms with Gasteiger partial charge in [-0.05, 0) is 56.0 Å². The summed E-state index contributed by atoms with van der Waals surface area (Å²) in [7, 11) is 0. The maximum atomic E-state index is 12.7. The molecular weight excluding hydrogens is 420 g/mol. The normalized spacial score (nSPS) is 13.7. The quantitative estimate of drug-likeness (QED) is 0.555. The Labute approximate surface area is 192 Å². The average Bonchev–Trinajstić information content (AvgIpc) is 2.85. The molecule has 2 aromatic carbocycles. The summed E-state index contributed by atoms with van der Waals surface area (Å²) in [5.74, 6) is -1.19. The number of hydrogen-bond acceptors (Lipinski definition) is 6. The Morgan fingerprint density at radius 2 is 1.70 bits per heavy atom. The summed E-state index contributed by atoms with van der Waals surface area (Å²) in [5, 5.41) is 7.75. The van der Waals surface area contributed by atoms with E-state index in [1.807, 2.05) is 31.2 Å². The molecule has 0 unspecified atom stereocenters. The number of fused-ring (bicyclic) bond motifs is 1. The molecule has 1 saturated heterocycles. The molecule has 1 amide bonds. The molecule has 1 aliphatic rings. The van der Waals surface area contributed by atoms with Crippen molar-refractivity contribution < 1.29 is 14.3 Å². The summed E-state index contributed by atoms with van der Waals surface area (Å²) in [5.41, 5.74) is 1.54. The van der Waals surface area contributed by atoms with Crippen molar-refractivity contribution >= 4 is 34.0 Å². The second-order valence-electron chi connectivity index (χ2n) is 8.14. The number of benzene rings is 2. The van der Waals surface area contributed by atoms with Crippen LogP contribution in [0.5, 0.6) is 0 Å². The van der Waals surface area contributed by atoms with Gasteiger partial charge >= 0.3 is 5.97 Å². The van der Waals surface area contributed by atoms with Crippen LogP contribution < -0.4 is 15.8 Å². The van der Waals surface area contributed by atoms with Crippen LogP contribution in [0.2, 0.25) is 0 Å². The predicted molar refractivity (Wildman–Crippen MR) is 128 cm³/mol. The summed E-state index contributed by atoms with van der Waals surface area (Å²) in [6.45, 7) is 3.96. The van der Waals surface area contributed by atoms with E-state index < -0.39 is 18.5 Å². The van der Waals surface area contributed by atoms with E-state index in [2.05, 4.69) is 15.3 Å². The second kappa shape index (κ2) is 10.3. The summed E-state index contributed by atoms with van der Waals surface area (Å²) < 4.78 is 6.49. The number of aromatic nitrogens is 2. The standard InChI is InChI=1S/C25H28N4O4/c1-2-14-29-24(31)21-9-5-4-8-20(21)23(27-29)25(32)33-17-22(30)26-18-10-12-19(13-11-18)28-15-6-3-7-16-28/h4-5,8-13H,2-3,6-7,14-17H2,1H3,(H,26,30). The molecule has 1 aromatic heterocycles.